The van der Waals surface area contributed by atoms with Crippen molar-refractivity contribution in [1.29, 1.82) is 0 Å². The molecule has 0 atom stereocenters. The Bertz CT molecular complexity index is 457. The Kier molecular flexibility index (Phi) is 3.75. The first kappa shape index (κ1) is 12.7. The van der Waals surface area contributed by atoms with E-state index in [2.05, 4.69) is 0 Å². The molecule has 1 N–H and O–H groups in total. The molecule has 0 saturated carbocycles. The van der Waals surface area contributed by atoms with Gasteiger partial charge in [-0.05, 0) is 36.1 Å². The number of methoxy groups -OCH3 is 1. The number of carbonyl (C=O) groups excluding carboxylic acids is 1. The summed E-state index contributed by atoms with van der Waals surface area (Å²) in [4.78, 5) is 13.7. The van der Waals surface area contributed by atoms with E-state index in [9.17, 15) is 9.90 Å². The minimum Gasteiger partial charge on any atom is -0.504 e. The van der Waals surface area contributed by atoms with E-state index in [0.29, 0.717) is 18.7 Å². The van der Waals surface area contributed by atoms with Crippen LogP contribution in [0.1, 0.15) is 30.9 Å². The summed E-state index contributed by atoms with van der Waals surface area (Å²) in [5.41, 5.74) is 2.18. The summed E-state index contributed by atoms with van der Waals surface area (Å²) in [6.45, 7) is 3.35. The van der Waals surface area contributed by atoms with Crippen molar-refractivity contribution in [3.05, 3.63) is 23.3 Å². The fraction of sp³-hybridized carbons (Fsp3) is 0.500. The average Bonchev–Trinajstić information content (AvgIpc) is 2.37. The largest absolute Gasteiger partial charge is 0.504 e. The topological polar surface area (TPSA) is 49.8 Å². The number of benzene rings is 1. The molecule has 18 heavy (non-hydrogen) atoms. The molecule has 1 aliphatic rings. The van der Waals surface area contributed by atoms with Crippen LogP contribution in [0.2, 0.25) is 0 Å². The fourth-order valence-corrected chi connectivity index (χ4v) is 2.32. The lowest BCUT2D eigenvalue weighted by Gasteiger charge is -2.29. The zero-order valence-electron chi connectivity index (χ0n) is 10.9. The molecular formula is C14H19NO3. The fourth-order valence-electron chi connectivity index (χ4n) is 2.32. The van der Waals surface area contributed by atoms with Gasteiger partial charge in [-0.2, -0.15) is 0 Å². The summed E-state index contributed by atoms with van der Waals surface area (Å²) in [7, 11) is 1.54. The standard InChI is InChI=1S/C14H19NO3/c1-3-4-14(17)15-6-5-10-8-13(18-2)12(16)7-11(10)9-15/h7-8,16H,3-6,9H2,1-2H3. The molecule has 98 valence electrons. The van der Waals surface area contributed by atoms with E-state index in [0.717, 1.165) is 30.5 Å². The molecule has 1 aromatic rings. The van der Waals surface area contributed by atoms with Gasteiger partial charge in [-0.1, -0.05) is 6.92 Å². The summed E-state index contributed by atoms with van der Waals surface area (Å²) in [6, 6.07) is 3.58. The van der Waals surface area contributed by atoms with Gasteiger partial charge in [0, 0.05) is 19.5 Å². The molecule has 1 aliphatic heterocycles. The van der Waals surface area contributed by atoms with E-state index in [4.69, 9.17) is 4.74 Å². The van der Waals surface area contributed by atoms with Crippen LogP contribution in [0.3, 0.4) is 0 Å². The Morgan fingerprint density at radius 2 is 2.22 bits per heavy atom. The lowest BCUT2D eigenvalue weighted by atomic mass is 9.98. The summed E-state index contributed by atoms with van der Waals surface area (Å²) in [5.74, 6) is 0.835. The first-order valence-electron chi connectivity index (χ1n) is 6.32. The highest BCUT2D eigenvalue weighted by molar-refractivity contribution is 5.76. The highest BCUT2D eigenvalue weighted by atomic mass is 16.5. The molecule has 0 spiro atoms. The SMILES string of the molecule is CCCC(=O)N1CCc2cc(OC)c(O)cc2C1. The number of ether oxygens (including phenoxy) is 1. The van der Waals surface area contributed by atoms with E-state index in [-0.39, 0.29) is 11.7 Å². The number of rotatable bonds is 3. The van der Waals surface area contributed by atoms with Gasteiger partial charge in [-0.3, -0.25) is 4.79 Å². The summed E-state index contributed by atoms with van der Waals surface area (Å²) < 4.78 is 5.09. The Morgan fingerprint density at radius 1 is 1.44 bits per heavy atom. The van der Waals surface area contributed by atoms with Gasteiger partial charge in [0.2, 0.25) is 5.91 Å². The third-order valence-corrected chi connectivity index (χ3v) is 3.33. The lowest BCUT2D eigenvalue weighted by Crippen LogP contribution is -2.35. The summed E-state index contributed by atoms with van der Waals surface area (Å²) >= 11 is 0. The van der Waals surface area contributed by atoms with Crippen molar-refractivity contribution in [2.45, 2.75) is 32.7 Å². The van der Waals surface area contributed by atoms with Crippen molar-refractivity contribution < 1.29 is 14.6 Å². The van der Waals surface area contributed by atoms with Gasteiger partial charge in [-0.25, -0.2) is 0 Å². The van der Waals surface area contributed by atoms with Crippen molar-refractivity contribution in [3.63, 3.8) is 0 Å². The van der Waals surface area contributed by atoms with Crippen molar-refractivity contribution in [1.82, 2.24) is 4.90 Å². The van der Waals surface area contributed by atoms with Crippen LogP contribution >= 0.6 is 0 Å². The molecule has 2 rings (SSSR count). The zero-order chi connectivity index (χ0) is 13.1. The number of carbonyl (C=O) groups is 1. The molecular weight excluding hydrogens is 230 g/mol. The maximum atomic E-state index is 11.9. The maximum Gasteiger partial charge on any atom is 0.222 e. The van der Waals surface area contributed by atoms with Gasteiger partial charge in [-0.15, -0.1) is 0 Å². The Balaban J connectivity index is 2.19. The lowest BCUT2D eigenvalue weighted by molar-refractivity contribution is -0.132. The first-order chi connectivity index (χ1) is 8.65. The second-order valence-corrected chi connectivity index (χ2v) is 4.61. The van der Waals surface area contributed by atoms with Crippen molar-refractivity contribution in [2.24, 2.45) is 0 Å². The second kappa shape index (κ2) is 5.29. The predicted molar refractivity (Wildman–Crippen MR) is 68.7 cm³/mol. The monoisotopic (exact) mass is 249 g/mol. The van der Waals surface area contributed by atoms with Crippen molar-refractivity contribution >= 4 is 5.91 Å². The van der Waals surface area contributed by atoms with Gasteiger partial charge >= 0.3 is 0 Å². The van der Waals surface area contributed by atoms with Crippen LogP contribution in [-0.4, -0.2) is 29.6 Å². The predicted octanol–water partition coefficient (Wildman–Crippen LogP) is 2.09. The number of aromatic hydroxyl groups is 1. The van der Waals surface area contributed by atoms with Crippen LogP contribution in [0.15, 0.2) is 12.1 Å². The van der Waals surface area contributed by atoms with Gasteiger partial charge in [0.15, 0.2) is 11.5 Å². The van der Waals surface area contributed by atoms with E-state index >= 15 is 0 Å². The van der Waals surface area contributed by atoms with Gasteiger partial charge < -0.3 is 14.7 Å². The van der Waals surface area contributed by atoms with E-state index in [1.54, 1.807) is 13.2 Å². The molecule has 0 bridgehead atoms. The zero-order valence-corrected chi connectivity index (χ0v) is 10.9. The Morgan fingerprint density at radius 3 is 2.89 bits per heavy atom. The highest BCUT2D eigenvalue weighted by Gasteiger charge is 2.21. The van der Waals surface area contributed by atoms with E-state index in [1.165, 1.54) is 0 Å². The molecule has 0 unspecified atom stereocenters. The van der Waals surface area contributed by atoms with Crippen LogP contribution in [0, 0.1) is 0 Å². The molecule has 1 aromatic carbocycles. The minimum absolute atomic E-state index is 0.140. The van der Waals surface area contributed by atoms with Crippen LogP contribution < -0.4 is 4.74 Å². The number of nitrogens with zero attached hydrogens (tertiary/aromatic N) is 1. The molecule has 1 amide bonds. The Hall–Kier alpha value is -1.71. The number of hydrogen-bond donors (Lipinski definition) is 1. The maximum absolute atomic E-state index is 11.9. The Labute approximate surface area is 107 Å². The number of hydrogen-bond acceptors (Lipinski definition) is 3. The van der Waals surface area contributed by atoms with Crippen molar-refractivity contribution in [3.8, 4) is 11.5 Å². The molecule has 1 heterocycles. The number of fused-ring (bicyclic) bond motifs is 1. The summed E-state index contributed by atoms with van der Waals surface area (Å²) in [6.07, 6.45) is 2.29. The van der Waals surface area contributed by atoms with E-state index in [1.807, 2.05) is 17.9 Å². The molecule has 0 radical (unpaired) electrons. The van der Waals surface area contributed by atoms with Crippen LogP contribution in [-0.2, 0) is 17.8 Å². The summed E-state index contributed by atoms with van der Waals surface area (Å²) in [5, 5.41) is 9.77. The molecule has 4 nitrogen and oxygen atoms in total. The van der Waals surface area contributed by atoms with Crippen molar-refractivity contribution in [2.75, 3.05) is 13.7 Å². The third-order valence-electron chi connectivity index (χ3n) is 3.33. The molecule has 0 aromatic heterocycles. The van der Waals surface area contributed by atoms with E-state index < -0.39 is 0 Å². The molecule has 0 fully saturated rings. The second-order valence-electron chi connectivity index (χ2n) is 4.61. The van der Waals surface area contributed by atoms with Crippen LogP contribution in [0.4, 0.5) is 0 Å². The average molecular weight is 249 g/mol. The number of phenols is 1. The molecule has 4 heteroatoms. The first-order valence-corrected chi connectivity index (χ1v) is 6.32. The highest BCUT2D eigenvalue weighted by Crippen LogP contribution is 2.32. The molecule has 0 aliphatic carbocycles. The van der Waals surface area contributed by atoms with Crippen LogP contribution in [0.5, 0.6) is 11.5 Å². The van der Waals surface area contributed by atoms with Crippen LogP contribution in [0.25, 0.3) is 0 Å². The van der Waals surface area contributed by atoms with Gasteiger partial charge in [0.25, 0.3) is 0 Å². The van der Waals surface area contributed by atoms with Gasteiger partial charge in [0.05, 0.1) is 7.11 Å². The molecule has 0 saturated heterocycles. The third kappa shape index (κ3) is 2.42. The van der Waals surface area contributed by atoms with Gasteiger partial charge in [0.1, 0.15) is 0 Å². The normalized spacial score (nSPS) is 14.2. The number of phenolic OH excluding ortho intramolecular Hbond substituents is 1. The number of amides is 1. The smallest absolute Gasteiger partial charge is 0.222 e. The quantitative estimate of drug-likeness (QED) is 0.892. The minimum atomic E-state index is 0.140.